The standard InChI is InChI=1S/C19H22ClN3O2/c1-12-14(19(25)21-3)8-6-10-17(12)22-11-18(24)23-13(2)15-7-4-5-9-16(15)20/h4-10,13,22H,11H2,1-3H3,(H,21,25)(H,23,24). The van der Waals surface area contributed by atoms with Gasteiger partial charge >= 0.3 is 0 Å². The van der Waals surface area contributed by atoms with Crippen LogP contribution in [0.2, 0.25) is 5.02 Å². The van der Waals surface area contributed by atoms with E-state index in [1.54, 1.807) is 25.2 Å². The lowest BCUT2D eigenvalue weighted by Gasteiger charge is -2.17. The molecular formula is C19H22ClN3O2. The van der Waals surface area contributed by atoms with Crippen molar-refractivity contribution in [2.75, 3.05) is 18.9 Å². The molecule has 2 rings (SSSR count). The highest BCUT2D eigenvalue weighted by Gasteiger charge is 2.13. The number of nitrogens with one attached hydrogen (secondary N) is 3. The van der Waals surface area contributed by atoms with Crippen molar-refractivity contribution in [2.24, 2.45) is 0 Å². The van der Waals surface area contributed by atoms with Crippen LogP contribution < -0.4 is 16.0 Å². The number of anilines is 1. The molecule has 25 heavy (non-hydrogen) atoms. The molecule has 0 aromatic heterocycles. The SMILES string of the molecule is CNC(=O)c1cccc(NCC(=O)NC(C)c2ccccc2Cl)c1C. The summed E-state index contributed by atoms with van der Waals surface area (Å²) in [7, 11) is 1.59. The fourth-order valence-corrected chi connectivity index (χ4v) is 2.88. The van der Waals surface area contributed by atoms with Crippen LogP contribution in [0.25, 0.3) is 0 Å². The maximum Gasteiger partial charge on any atom is 0.251 e. The number of carbonyl (C=O) groups excluding carboxylic acids is 2. The number of benzene rings is 2. The molecule has 132 valence electrons. The van der Waals surface area contributed by atoms with Crippen molar-refractivity contribution in [3.8, 4) is 0 Å². The van der Waals surface area contributed by atoms with E-state index in [0.717, 1.165) is 16.8 Å². The summed E-state index contributed by atoms with van der Waals surface area (Å²) in [5, 5.41) is 9.22. The van der Waals surface area contributed by atoms with E-state index in [1.165, 1.54) is 0 Å². The maximum atomic E-state index is 12.2. The Morgan fingerprint density at radius 3 is 2.52 bits per heavy atom. The highest BCUT2D eigenvalue weighted by Crippen LogP contribution is 2.22. The highest BCUT2D eigenvalue weighted by atomic mass is 35.5. The fourth-order valence-electron chi connectivity index (χ4n) is 2.58. The number of hydrogen-bond donors (Lipinski definition) is 3. The van der Waals surface area contributed by atoms with Gasteiger partial charge in [-0.1, -0.05) is 35.9 Å². The summed E-state index contributed by atoms with van der Waals surface area (Å²) in [6, 6.07) is 12.6. The molecule has 1 atom stereocenters. The smallest absolute Gasteiger partial charge is 0.251 e. The van der Waals surface area contributed by atoms with Gasteiger partial charge < -0.3 is 16.0 Å². The number of carbonyl (C=O) groups is 2. The quantitative estimate of drug-likeness (QED) is 0.741. The third-order valence-corrected chi connectivity index (χ3v) is 4.34. The van der Waals surface area contributed by atoms with Gasteiger partial charge in [0.1, 0.15) is 0 Å². The molecule has 0 saturated carbocycles. The van der Waals surface area contributed by atoms with Gasteiger partial charge in [0.15, 0.2) is 0 Å². The van der Waals surface area contributed by atoms with E-state index in [-0.39, 0.29) is 24.4 Å². The number of amides is 2. The lowest BCUT2D eigenvalue weighted by Crippen LogP contribution is -2.32. The lowest BCUT2D eigenvalue weighted by atomic mass is 10.1. The van der Waals surface area contributed by atoms with Gasteiger partial charge in [0.2, 0.25) is 5.91 Å². The first kappa shape index (κ1) is 18.8. The van der Waals surface area contributed by atoms with Gasteiger partial charge in [-0.3, -0.25) is 9.59 Å². The Bertz CT molecular complexity index is 777. The molecule has 6 heteroatoms. The van der Waals surface area contributed by atoms with E-state index in [1.807, 2.05) is 38.1 Å². The van der Waals surface area contributed by atoms with Crippen LogP contribution in [0.5, 0.6) is 0 Å². The lowest BCUT2D eigenvalue weighted by molar-refractivity contribution is -0.120. The molecule has 0 bridgehead atoms. The van der Waals surface area contributed by atoms with E-state index in [9.17, 15) is 9.59 Å². The summed E-state index contributed by atoms with van der Waals surface area (Å²) in [6.07, 6.45) is 0. The number of halogens is 1. The second kappa shape index (κ2) is 8.53. The topological polar surface area (TPSA) is 70.2 Å². The summed E-state index contributed by atoms with van der Waals surface area (Å²) >= 11 is 6.15. The predicted molar refractivity (Wildman–Crippen MR) is 101 cm³/mol. The Morgan fingerprint density at radius 2 is 1.84 bits per heavy atom. The largest absolute Gasteiger partial charge is 0.376 e. The number of rotatable bonds is 6. The van der Waals surface area contributed by atoms with Gasteiger partial charge in [-0.25, -0.2) is 0 Å². The minimum absolute atomic E-state index is 0.104. The summed E-state index contributed by atoms with van der Waals surface area (Å²) in [4.78, 5) is 24.0. The first-order valence-electron chi connectivity index (χ1n) is 8.03. The average Bonchev–Trinajstić information content (AvgIpc) is 2.60. The van der Waals surface area contributed by atoms with Crippen molar-refractivity contribution < 1.29 is 9.59 Å². The third-order valence-electron chi connectivity index (χ3n) is 3.99. The second-order valence-electron chi connectivity index (χ2n) is 5.72. The van der Waals surface area contributed by atoms with E-state index in [0.29, 0.717) is 10.6 Å². The van der Waals surface area contributed by atoms with E-state index in [2.05, 4.69) is 16.0 Å². The molecular weight excluding hydrogens is 338 g/mol. The fraction of sp³-hybridized carbons (Fsp3) is 0.263. The molecule has 3 N–H and O–H groups in total. The summed E-state index contributed by atoms with van der Waals surface area (Å²) in [5.41, 5.74) is 3.00. The summed E-state index contributed by atoms with van der Waals surface area (Å²) in [6.45, 7) is 3.83. The molecule has 1 unspecified atom stereocenters. The molecule has 0 saturated heterocycles. The average molecular weight is 360 g/mol. The number of hydrogen-bond acceptors (Lipinski definition) is 3. The Labute approximate surface area is 152 Å². The zero-order valence-corrected chi connectivity index (χ0v) is 15.3. The Morgan fingerprint density at radius 1 is 1.12 bits per heavy atom. The highest BCUT2D eigenvalue weighted by molar-refractivity contribution is 6.31. The van der Waals surface area contributed by atoms with Crippen LogP contribution in [-0.2, 0) is 4.79 Å². The van der Waals surface area contributed by atoms with E-state index in [4.69, 9.17) is 11.6 Å². The Kier molecular flexibility index (Phi) is 6.42. The van der Waals surface area contributed by atoms with Crippen molar-refractivity contribution in [1.82, 2.24) is 10.6 Å². The molecule has 0 fully saturated rings. The van der Waals surface area contributed by atoms with Crippen molar-refractivity contribution in [3.63, 3.8) is 0 Å². The zero-order chi connectivity index (χ0) is 18.4. The first-order chi connectivity index (χ1) is 11.9. The Balaban J connectivity index is 1.99. The van der Waals surface area contributed by atoms with Crippen LogP contribution in [-0.4, -0.2) is 25.4 Å². The molecule has 2 aromatic rings. The summed E-state index contributed by atoms with van der Waals surface area (Å²) in [5.74, 6) is -0.310. The molecule has 0 spiro atoms. The van der Waals surface area contributed by atoms with Gasteiger partial charge in [-0.2, -0.15) is 0 Å². The minimum Gasteiger partial charge on any atom is -0.376 e. The van der Waals surface area contributed by atoms with Gasteiger partial charge in [0, 0.05) is 23.3 Å². The molecule has 2 aromatic carbocycles. The van der Waals surface area contributed by atoms with Gasteiger partial charge in [-0.15, -0.1) is 0 Å². The third kappa shape index (κ3) is 4.73. The van der Waals surface area contributed by atoms with Gasteiger partial charge in [0.05, 0.1) is 12.6 Å². The molecule has 5 nitrogen and oxygen atoms in total. The van der Waals surface area contributed by atoms with Gasteiger partial charge in [-0.05, 0) is 43.2 Å². The Hall–Kier alpha value is -2.53. The molecule has 0 aliphatic rings. The normalized spacial score (nSPS) is 11.5. The monoisotopic (exact) mass is 359 g/mol. The maximum absolute atomic E-state index is 12.2. The van der Waals surface area contributed by atoms with E-state index >= 15 is 0 Å². The molecule has 0 radical (unpaired) electrons. The van der Waals surface area contributed by atoms with Crippen molar-refractivity contribution in [3.05, 3.63) is 64.2 Å². The van der Waals surface area contributed by atoms with Crippen LogP contribution in [0.1, 0.15) is 34.5 Å². The van der Waals surface area contributed by atoms with E-state index < -0.39 is 0 Å². The molecule has 0 aliphatic heterocycles. The van der Waals surface area contributed by atoms with Crippen molar-refractivity contribution >= 4 is 29.1 Å². The second-order valence-corrected chi connectivity index (χ2v) is 6.13. The van der Waals surface area contributed by atoms with Crippen molar-refractivity contribution in [1.29, 1.82) is 0 Å². The first-order valence-corrected chi connectivity index (χ1v) is 8.41. The molecule has 0 aliphatic carbocycles. The minimum atomic E-state index is -0.193. The van der Waals surface area contributed by atoms with Gasteiger partial charge in [0.25, 0.3) is 5.91 Å². The molecule has 0 heterocycles. The molecule has 2 amide bonds. The zero-order valence-electron chi connectivity index (χ0n) is 14.5. The van der Waals surface area contributed by atoms with Crippen LogP contribution in [0.4, 0.5) is 5.69 Å². The van der Waals surface area contributed by atoms with Crippen molar-refractivity contribution in [2.45, 2.75) is 19.9 Å². The summed E-state index contributed by atoms with van der Waals surface area (Å²) < 4.78 is 0. The van der Waals surface area contributed by atoms with Crippen LogP contribution in [0, 0.1) is 6.92 Å². The van der Waals surface area contributed by atoms with Crippen LogP contribution in [0.3, 0.4) is 0 Å². The predicted octanol–water partition coefficient (Wildman–Crippen LogP) is 3.30. The van der Waals surface area contributed by atoms with Crippen LogP contribution in [0.15, 0.2) is 42.5 Å². The van der Waals surface area contributed by atoms with Crippen LogP contribution >= 0.6 is 11.6 Å².